The van der Waals surface area contributed by atoms with Crippen LogP contribution in [-0.2, 0) is 21.4 Å². The summed E-state index contributed by atoms with van der Waals surface area (Å²) < 4.78 is 11.0. The van der Waals surface area contributed by atoms with Crippen LogP contribution in [0.1, 0.15) is 47.6 Å². The number of esters is 2. The minimum absolute atomic E-state index is 0.452. The van der Waals surface area contributed by atoms with E-state index in [1.54, 1.807) is 0 Å². The van der Waals surface area contributed by atoms with E-state index in [-0.39, 0.29) is 0 Å². The zero-order valence-electron chi connectivity index (χ0n) is 22.0. The molecule has 0 atom stereocenters. The van der Waals surface area contributed by atoms with Gasteiger partial charge in [-0.3, -0.25) is 0 Å². The molecule has 194 valence electrons. The number of benzene rings is 4. The molecule has 0 unspecified atom stereocenters. The van der Waals surface area contributed by atoms with E-state index < -0.39 is 17.4 Å². The Morgan fingerprint density at radius 2 is 1.31 bits per heavy atom. The van der Waals surface area contributed by atoms with Crippen LogP contribution in [0.2, 0.25) is 0 Å². The number of ether oxygens (including phenoxy) is 2. The second-order valence-corrected chi connectivity index (χ2v) is 9.54. The predicted molar refractivity (Wildman–Crippen MR) is 154 cm³/mol. The van der Waals surface area contributed by atoms with Crippen LogP contribution in [0.4, 0.5) is 0 Å². The maximum Gasteiger partial charge on any atom is 0.335 e. The SMILES string of the molecule is C=CC(=O)Oc1ccc(C2(c3ccc(OC(=O)C=C)c(CCCC)c3)c3ccccc3-c3ccccc32)cc1. The standard InChI is InChI=1S/C35H30O4/c1-4-7-12-24-23-26(19-22-32(24)39-34(37)6-3)35(25-17-20-27(21-18-25)38-33(36)5-2)30-15-10-8-13-28(30)29-14-9-11-16-31(29)35/h5-6,8-11,13-23H,2-4,7,12H2,1H3. The van der Waals surface area contributed by atoms with Crippen LogP contribution in [0, 0.1) is 0 Å². The Morgan fingerprint density at radius 1 is 0.744 bits per heavy atom. The molecule has 0 bridgehead atoms. The van der Waals surface area contributed by atoms with Gasteiger partial charge in [0.1, 0.15) is 11.5 Å². The first-order chi connectivity index (χ1) is 19.0. The first-order valence-corrected chi connectivity index (χ1v) is 13.1. The van der Waals surface area contributed by atoms with Crippen molar-refractivity contribution < 1.29 is 19.1 Å². The lowest BCUT2D eigenvalue weighted by Crippen LogP contribution is -2.29. The van der Waals surface area contributed by atoms with Crippen molar-refractivity contribution in [2.45, 2.75) is 31.6 Å². The summed E-state index contributed by atoms with van der Waals surface area (Å²) in [6, 6.07) is 30.7. The highest BCUT2D eigenvalue weighted by atomic mass is 16.5. The number of hydrogen-bond acceptors (Lipinski definition) is 4. The van der Waals surface area contributed by atoms with Crippen molar-refractivity contribution in [3.05, 3.63) is 144 Å². The molecule has 1 aliphatic rings. The molecule has 4 heteroatoms. The molecule has 0 fully saturated rings. The smallest absolute Gasteiger partial charge is 0.335 e. The summed E-state index contributed by atoms with van der Waals surface area (Å²) in [6.07, 6.45) is 5.09. The third-order valence-electron chi connectivity index (χ3n) is 7.30. The first-order valence-electron chi connectivity index (χ1n) is 13.1. The highest BCUT2D eigenvalue weighted by Crippen LogP contribution is 2.56. The monoisotopic (exact) mass is 514 g/mol. The number of rotatable bonds is 9. The topological polar surface area (TPSA) is 52.6 Å². The Bertz CT molecular complexity index is 1520. The lowest BCUT2D eigenvalue weighted by atomic mass is 9.67. The van der Waals surface area contributed by atoms with Crippen LogP contribution in [0.5, 0.6) is 11.5 Å². The van der Waals surface area contributed by atoms with Crippen LogP contribution in [0.3, 0.4) is 0 Å². The van der Waals surface area contributed by atoms with E-state index in [4.69, 9.17) is 9.47 Å². The number of aryl methyl sites for hydroxylation is 1. The normalized spacial score (nSPS) is 12.6. The minimum atomic E-state index is -0.629. The van der Waals surface area contributed by atoms with E-state index in [1.807, 2.05) is 36.4 Å². The maximum absolute atomic E-state index is 12.1. The van der Waals surface area contributed by atoms with Gasteiger partial charge in [-0.05, 0) is 70.0 Å². The van der Waals surface area contributed by atoms with Gasteiger partial charge in [0, 0.05) is 12.2 Å². The summed E-state index contributed by atoms with van der Waals surface area (Å²) in [5.41, 5.74) is 7.13. The average Bonchev–Trinajstić information content (AvgIpc) is 3.28. The third kappa shape index (κ3) is 4.59. The van der Waals surface area contributed by atoms with Crippen molar-refractivity contribution in [1.29, 1.82) is 0 Å². The molecule has 5 rings (SSSR count). The number of hydrogen-bond donors (Lipinski definition) is 0. The molecular formula is C35H30O4. The van der Waals surface area contributed by atoms with Gasteiger partial charge in [0.15, 0.2) is 0 Å². The Balaban J connectivity index is 1.77. The molecule has 1 aliphatic carbocycles. The molecule has 4 aromatic rings. The average molecular weight is 515 g/mol. The molecule has 0 radical (unpaired) electrons. The minimum Gasteiger partial charge on any atom is -0.423 e. The maximum atomic E-state index is 12.1. The summed E-state index contributed by atoms with van der Waals surface area (Å²) in [5.74, 6) is 0.0304. The highest BCUT2D eigenvalue weighted by Gasteiger charge is 2.46. The third-order valence-corrected chi connectivity index (χ3v) is 7.30. The van der Waals surface area contributed by atoms with Gasteiger partial charge >= 0.3 is 11.9 Å². The Hall–Kier alpha value is -4.70. The molecule has 0 spiro atoms. The molecule has 0 saturated heterocycles. The van der Waals surface area contributed by atoms with Gasteiger partial charge in [0.2, 0.25) is 0 Å². The largest absolute Gasteiger partial charge is 0.423 e. The fourth-order valence-corrected chi connectivity index (χ4v) is 5.58. The Morgan fingerprint density at radius 3 is 1.90 bits per heavy atom. The van der Waals surface area contributed by atoms with Gasteiger partial charge in [-0.25, -0.2) is 9.59 Å². The summed E-state index contributed by atoms with van der Waals surface area (Å²) in [5, 5.41) is 0. The molecular weight excluding hydrogens is 484 g/mol. The number of carbonyl (C=O) groups excluding carboxylic acids is 2. The summed E-state index contributed by atoms with van der Waals surface area (Å²) in [7, 11) is 0. The van der Waals surface area contributed by atoms with E-state index in [9.17, 15) is 9.59 Å². The van der Waals surface area contributed by atoms with E-state index in [1.165, 1.54) is 28.3 Å². The highest BCUT2D eigenvalue weighted by molar-refractivity contribution is 5.87. The second kappa shape index (κ2) is 11.0. The van der Waals surface area contributed by atoms with Crippen molar-refractivity contribution >= 4 is 11.9 Å². The lowest BCUT2D eigenvalue weighted by molar-refractivity contribution is -0.129. The van der Waals surface area contributed by atoms with Gasteiger partial charge < -0.3 is 9.47 Å². The zero-order valence-corrected chi connectivity index (χ0v) is 22.0. The van der Waals surface area contributed by atoms with Crippen LogP contribution in [0.15, 0.2) is 116 Å². The van der Waals surface area contributed by atoms with Gasteiger partial charge in [0.05, 0.1) is 5.41 Å². The summed E-state index contributed by atoms with van der Waals surface area (Å²) in [6.45, 7) is 9.18. The van der Waals surface area contributed by atoms with Gasteiger partial charge in [-0.2, -0.15) is 0 Å². The van der Waals surface area contributed by atoms with Crippen LogP contribution < -0.4 is 9.47 Å². The predicted octanol–water partition coefficient (Wildman–Crippen LogP) is 7.58. The van der Waals surface area contributed by atoms with Crippen LogP contribution in [-0.4, -0.2) is 11.9 Å². The van der Waals surface area contributed by atoms with E-state index in [0.29, 0.717) is 11.5 Å². The quantitative estimate of drug-likeness (QED) is 0.116. The van der Waals surface area contributed by atoms with Gasteiger partial charge in [-0.15, -0.1) is 0 Å². The molecule has 0 N–H and O–H groups in total. The Labute approximate surface area is 229 Å². The molecule has 39 heavy (non-hydrogen) atoms. The van der Waals surface area contributed by atoms with Crippen molar-refractivity contribution in [1.82, 2.24) is 0 Å². The summed E-state index contributed by atoms with van der Waals surface area (Å²) in [4.78, 5) is 23.9. The fourth-order valence-electron chi connectivity index (χ4n) is 5.58. The van der Waals surface area contributed by atoms with Gasteiger partial charge in [0.25, 0.3) is 0 Å². The molecule has 4 nitrogen and oxygen atoms in total. The van der Waals surface area contributed by atoms with Crippen LogP contribution >= 0.6 is 0 Å². The molecule has 0 amide bonds. The lowest BCUT2D eigenvalue weighted by Gasteiger charge is -2.34. The molecule has 0 aromatic heterocycles. The van der Waals surface area contributed by atoms with E-state index in [2.05, 4.69) is 74.7 Å². The van der Waals surface area contributed by atoms with Crippen molar-refractivity contribution in [3.8, 4) is 22.6 Å². The molecule has 0 heterocycles. The van der Waals surface area contributed by atoms with E-state index >= 15 is 0 Å². The van der Waals surface area contributed by atoms with Crippen molar-refractivity contribution in [2.24, 2.45) is 0 Å². The Kier molecular flexibility index (Phi) is 7.29. The zero-order chi connectivity index (χ0) is 27.4. The first kappa shape index (κ1) is 25.9. The molecule has 0 saturated carbocycles. The summed E-state index contributed by atoms with van der Waals surface area (Å²) >= 11 is 0. The number of carbonyl (C=O) groups is 2. The van der Waals surface area contributed by atoms with Crippen LogP contribution in [0.25, 0.3) is 11.1 Å². The number of unbranched alkanes of at least 4 members (excludes halogenated alkanes) is 1. The van der Waals surface area contributed by atoms with Gasteiger partial charge in [-0.1, -0.05) is 99.3 Å². The number of fused-ring (bicyclic) bond motifs is 3. The van der Waals surface area contributed by atoms with Crippen molar-refractivity contribution in [3.63, 3.8) is 0 Å². The van der Waals surface area contributed by atoms with E-state index in [0.717, 1.165) is 42.0 Å². The fraction of sp³-hybridized carbons (Fsp3) is 0.143. The second-order valence-electron chi connectivity index (χ2n) is 9.54. The van der Waals surface area contributed by atoms with Crippen molar-refractivity contribution in [2.75, 3.05) is 0 Å². The molecule has 0 aliphatic heterocycles. The molecule has 4 aromatic carbocycles.